The Bertz CT molecular complexity index is 251. The van der Waals surface area contributed by atoms with E-state index in [-0.39, 0.29) is 17.6 Å². The Labute approximate surface area is 85.2 Å². The molecule has 1 heterocycles. The first-order valence-corrected chi connectivity index (χ1v) is 5.41. The molecule has 2 rings (SSSR count). The molecule has 1 atom stereocenters. The van der Waals surface area contributed by atoms with Crippen molar-refractivity contribution in [3.63, 3.8) is 0 Å². The van der Waals surface area contributed by atoms with Crippen LogP contribution in [0.4, 0.5) is 0 Å². The minimum absolute atomic E-state index is 0.0586. The lowest BCUT2D eigenvalue weighted by molar-refractivity contribution is -0.157. The Kier molecular flexibility index (Phi) is 2.11. The maximum atomic E-state index is 11.7. The second-order valence-electron chi connectivity index (χ2n) is 5.55. The van der Waals surface area contributed by atoms with Crippen LogP contribution in [0.3, 0.4) is 0 Å². The molecule has 0 bridgehead atoms. The molecule has 1 spiro atoms. The summed E-state index contributed by atoms with van der Waals surface area (Å²) in [7, 11) is 0. The molecule has 14 heavy (non-hydrogen) atoms. The maximum Gasteiger partial charge on any atom is 0.323 e. The van der Waals surface area contributed by atoms with Crippen molar-refractivity contribution in [1.29, 1.82) is 0 Å². The summed E-state index contributed by atoms with van der Waals surface area (Å²) in [6, 6.07) is -0.0586. The van der Waals surface area contributed by atoms with Gasteiger partial charge in [-0.05, 0) is 46.5 Å². The summed E-state index contributed by atoms with van der Waals surface area (Å²) in [6.07, 6.45) is 4.53. The number of hydrogen-bond acceptors (Lipinski definition) is 3. The van der Waals surface area contributed by atoms with Crippen LogP contribution in [0.1, 0.15) is 46.5 Å². The number of ether oxygens (including phenoxy) is 1. The van der Waals surface area contributed by atoms with Gasteiger partial charge in [0.25, 0.3) is 0 Å². The zero-order valence-electron chi connectivity index (χ0n) is 9.22. The lowest BCUT2D eigenvalue weighted by Crippen LogP contribution is -2.40. The maximum absolute atomic E-state index is 11.7. The fraction of sp³-hybridized carbons (Fsp3) is 0.909. The number of hydrogen-bond donors (Lipinski definition) is 1. The fourth-order valence-corrected chi connectivity index (χ4v) is 2.03. The third-order valence-electron chi connectivity index (χ3n) is 2.94. The summed E-state index contributed by atoms with van der Waals surface area (Å²) < 4.78 is 5.34. The van der Waals surface area contributed by atoms with Crippen molar-refractivity contribution in [1.82, 2.24) is 5.32 Å². The van der Waals surface area contributed by atoms with Crippen LogP contribution >= 0.6 is 0 Å². The predicted molar refractivity (Wildman–Crippen MR) is 54.0 cm³/mol. The highest BCUT2D eigenvalue weighted by atomic mass is 16.6. The molecule has 3 heteroatoms. The summed E-state index contributed by atoms with van der Waals surface area (Å²) in [5.41, 5.74) is -0.0420. The molecule has 1 N–H and O–H groups in total. The molecule has 80 valence electrons. The second-order valence-corrected chi connectivity index (χ2v) is 5.55. The van der Waals surface area contributed by atoms with Gasteiger partial charge >= 0.3 is 5.97 Å². The topological polar surface area (TPSA) is 38.3 Å². The van der Waals surface area contributed by atoms with Crippen LogP contribution in [0.5, 0.6) is 0 Å². The first-order chi connectivity index (χ1) is 6.40. The van der Waals surface area contributed by atoms with Gasteiger partial charge in [0, 0.05) is 5.54 Å². The zero-order chi connectivity index (χ0) is 10.4. The molecule has 1 aliphatic carbocycles. The van der Waals surface area contributed by atoms with Gasteiger partial charge < -0.3 is 4.74 Å². The lowest BCUT2D eigenvalue weighted by atomic mass is 10.1. The van der Waals surface area contributed by atoms with E-state index >= 15 is 0 Å². The van der Waals surface area contributed by atoms with Crippen LogP contribution in [-0.4, -0.2) is 23.2 Å². The Morgan fingerprint density at radius 3 is 2.43 bits per heavy atom. The van der Waals surface area contributed by atoms with Crippen molar-refractivity contribution in [3.8, 4) is 0 Å². The smallest absolute Gasteiger partial charge is 0.323 e. The highest BCUT2D eigenvalue weighted by Gasteiger charge is 2.50. The number of nitrogens with one attached hydrogen (secondary N) is 1. The molecule has 0 amide bonds. The monoisotopic (exact) mass is 197 g/mol. The van der Waals surface area contributed by atoms with Crippen LogP contribution in [0.15, 0.2) is 0 Å². The molecule has 1 aliphatic heterocycles. The standard InChI is InChI=1S/C11H19NO2/c1-10(2,3)14-9(13)8-4-5-11(12-8)6-7-11/h8,12H,4-7H2,1-3H3. The van der Waals surface area contributed by atoms with Gasteiger partial charge in [-0.2, -0.15) is 0 Å². The molecule has 0 radical (unpaired) electrons. The number of esters is 1. The van der Waals surface area contributed by atoms with E-state index in [1.165, 1.54) is 12.8 Å². The van der Waals surface area contributed by atoms with E-state index in [1.54, 1.807) is 0 Å². The highest BCUT2D eigenvalue weighted by molar-refractivity contribution is 5.77. The summed E-state index contributed by atoms with van der Waals surface area (Å²) in [4.78, 5) is 11.7. The first kappa shape index (κ1) is 9.97. The SMILES string of the molecule is CC(C)(C)OC(=O)C1CCC2(CC2)N1. The minimum Gasteiger partial charge on any atom is -0.459 e. The molecule has 2 fully saturated rings. The van der Waals surface area contributed by atoms with Crippen molar-refractivity contribution in [2.75, 3.05) is 0 Å². The van der Waals surface area contributed by atoms with Gasteiger partial charge in [0.15, 0.2) is 0 Å². The van der Waals surface area contributed by atoms with E-state index in [1.807, 2.05) is 20.8 Å². The largest absolute Gasteiger partial charge is 0.459 e. The third kappa shape index (κ3) is 2.08. The number of carbonyl (C=O) groups is 1. The molecule has 0 aromatic carbocycles. The van der Waals surface area contributed by atoms with Gasteiger partial charge in [-0.3, -0.25) is 10.1 Å². The Balaban J connectivity index is 1.87. The fourth-order valence-electron chi connectivity index (χ4n) is 2.03. The molecule has 1 unspecified atom stereocenters. The Hall–Kier alpha value is -0.570. The molecule has 3 nitrogen and oxygen atoms in total. The molecule has 1 saturated heterocycles. The first-order valence-electron chi connectivity index (χ1n) is 5.41. The van der Waals surface area contributed by atoms with E-state index < -0.39 is 0 Å². The molecule has 0 aromatic heterocycles. The second kappa shape index (κ2) is 2.96. The average molecular weight is 197 g/mol. The Morgan fingerprint density at radius 2 is 2.00 bits per heavy atom. The van der Waals surface area contributed by atoms with Gasteiger partial charge in [0.1, 0.15) is 11.6 Å². The summed E-state index contributed by atoms with van der Waals surface area (Å²) in [5.74, 6) is -0.0822. The predicted octanol–water partition coefficient (Wildman–Crippen LogP) is 1.61. The van der Waals surface area contributed by atoms with E-state index in [9.17, 15) is 4.79 Å². The van der Waals surface area contributed by atoms with Gasteiger partial charge in [-0.15, -0.1) is 0 Å². The number of carbonyl (C=O) groups excluding carboxylic acids is 1. The molecular formula is C11H19NO2. The number of rotatable bonds is 1. The van der Waals surface area contributed by atoms with E-state index in [2.05, 4.69) is 5.32 Å². The van der Waals surface area contributed by atoms with Crippen LogP contribution in [0, 0.1) is 0 Å². The van der Waals surface area contributed by atoms with Gasteiger partial charge in [0.05, 0.1) is 0 Å². The van der Waals surface area contributed by atoms with Crippen molar-refractivity contribution < 1.29 is 9.53 Å². The summed E-state index contributed by atoms with van der Waals surface area (Å²) in [6.45, 7) is 5.73. The van der Waals surface area contributed by atoms with E-state index in [0.717, 1.165) is 12.8 Å². The normalized spacial score (nSPS) is 29.2. The van der Waals surface area contributed by atoms with Crippen LogP contribution in [-0.2, 0) is 9.53 Å². The average Bonchev–Trinajstić information content (AvgIpc) is 2.57. The Morgan fingerprint density at radius 1 is 1.36 bits per heavy atom. The highest BCUT2D eigenvalue weighted by Crippen LogP contribution is 2.44. The summed E-state index contributed by atoms with van der Waals surface area (Å²) >= 11 is 0. The van der Waals surface area contributed by atoms with E-state index in [0.29, 0.717) is 5.54 Å². The van der Waals surface area contributed by atoms with Crippen molar-refractivity contribution in [3.05, 3.63) is 0 Å². The van der Waals surface area contributed by atoms with Gasteiger partial charge in [-0.1, -0.05) is 0 Å². The molecular weight excluding hydrogens is 178 g/mol. The van der Waals surface area contributed by atoms with Crippen molar-refractivity contribution in [2.24, 2.45) is 0 Å². The third-order valence-corrected chi connectivity index (χ3v) is 2.94. The molecule has 0 aromatic rings. The van der Waals surface area contributed by atoms with Crippen molar-refractivity contribution in [2.45, 2.75) is 63.6 Å². The zero-order valence-corrected chi connectivity index (χ0v) is 9.22. The molecule has 1 saturated carbocycles. The minimum atomic E-state index is -0.363. The van der Waals surface area contributed by atoms with Gasteiger partial charge in [0.2, 0.25) is 0 Å². The summed E-state index contributed by atoms with van der Waals surface area (Å²) in [5, 5.41) is 3.39. The van der Waals surface area contributed by atoms with Crippen LogP contribution in [0.2, 0.25) is 0 Å². The van der Waals surface area contributed by atoms with Crippen molar-refractivity contribution >= 4 is 5.97 Å². The van der Waals surface area contributed by atoms with E-state index in [4.69, 9.17) is 4.74 Å². The quantitative estimate of drug-likeness (QED) is 0.649. The van der Waals surface area contributed by atoms with Crippen LogP contribution < -0.4 is 5.32 Å². The van der Waals surface area contributed by atoms with Gasteiger partial charge in [-0.25, -0.2) is 0 Å². The van der Waals surface area contributed by atoms with Crippen LogP contribution in [0.25, 0.3) is 0 Å². The molecule has 2 aliphatic rings. The lowest BCUT2D eigenvalue weighted by Gasteiger charge is -2.22.